The standard InChI is InChI=1S/C8H9BrN6/c1-2-15-4-5(13-14-15)7-8(10)11-3-6(9)12-7/h3-4H,2H2,1H3,(H2,10,11). The van der Waals surface area contributed by atoms with E-state index in [1.807, 2.05) is 6.92 Å². The van der Waals surface area contributed by atoms with Gasteiger partial charge in [0.15, 0.2) is 5.82 Å². The van der Waals surface area contributed by atoms with E-state index in [0.29, 0.717) is 21.8 Å². The molecule has 0 aliphatic rings. The molecule has 0 aliphatic carbocycles. The molecular weight excluding hydrogens is 260 g/mol. The van der Waals surface area contributed by atoms with Gasteiger partial charge in [0.1, 0.15) is 16.0 Å². The van der Waals surface area contributed by atoms with Crippen LogP contribution in [0.15, 0.2) is 17.0 Å². The minimum atomic E-state index is 0.348. The molecule has 15 heavy (non-hydrogen) atoms. The number of nitrogens with zero attached hydrogens (tertiary/aromatic N) is 5. The lowest BCUT2D eigenvalue weighted by atomic mass is 10.3. The average molecular weight is 269 g/mol. The molecule has 2 aromatic heterocycles. The van der Waals surface area contributed by atoms with Crippen LogP contribution in [0.25, 0.3) is 11.4 Å². The molecule has 0 radical (unpaired) electrons. The normalized spacial score (nSPS) is 10.5. The Balaban J connectivity index is 2.48. The topological polar surface area (TPSA) is 82.5 Å². The van der Waals surface area contributed by atoms with E-state index in [9.17, 15) is 0 Å². The minimum Gasteiger partial charge on any atom is -0.382 e. The fourth-order valence-corrected chi connectivity index (χ4v) is 1.41. The molecule has 0 aromatic carbocycles. The number of hydrogen-bond acceptors (Lipinski definition) is 5. The Kier molecular flexibility index (Phi) is 2.63. The van der Waals surface area contributed by atoms with Gasteiger partial charge in [-0.05, 0) is 22.9 Å². The van der Waals surface area contributed by atoms with Crippen molar-refractivity contribution in [2.24, 2.45) is 0 Å². The van der Waals surface area contributed by atoms with Crippen molar-refractivity contribution in [2.45, 2.75) is 13.5 Å². The number of nitrogen functional groups attached to an aromatic ring is 1. The maximum atomic E-state index is 5.70. The highest BCUT2D eigenvalue weighted by Crippen LogP contribution is 2.20. The SMILES string of the molecule is CCn1cc(-c2nc(Br)cnc2N)nn1. The van der Waals surface area contributed by atoms with Crippen molar-refractivity contribution < 1.29 is 0 Å². The quantitative estimate of drug-likeness (QED) is 0.882. The van der Waals surface area contributed by atoms with E-state index >= 15 is 0 Å². The van der Waals surface area contributed by atoms with E-state index in [1.165, 1.54) is 0 Å². The van der Waals surface area contributed by atoms with Gasteiger partial charge in [0.2, 0.25) is 0 Å². The first-order valence-electron chi connectivity index (χ1n) is 4.39. The first-order valence-corrected chi connectivity index (χ1v) is 5.18. The molecule has 0 unspecified atom stereocenters. The van der Waals surface area contributed by atoms with Crippen LogP contribution in [-0.4, -0.2) is 25.0 Å². The number of rotatable bonds is 2. The van der Waals surface area contributed by atoms with Gasteiger partial charge in [0, 0.05) is 6.54 Å². The summed E-state index contributed by atoms with van der Waals surface area (Å²) in [5.74, 6) is 0.348. The van der Waals surface area contributed by atoms with E-state index in [0.717, 1.165) is 6.54 Å². The van der Waals surface area contributed by atoms with Gasteiger partial charge in [0.05, 0.1) is 12.4 Å². The van der Waals surface area contributed by atoms with Crippen molar-refractivity contribution >= 4 is 21.7 Å². The van der Waals surface area contributed by atoms with Crippen molar-refractivity contribution in [3.05, 3.63) is 17.0 Å². The summed E-state index contributed by atoms with van der Waals surface area (Å²) in [6.45, 7) is 2.74. The molecular formula is C8H9BrN6. The lowest BCUT2D eigenvalue weighted by Crippen LogP contribution is -1.97. The molecule has 6 nitrogen and oxygen atoms in total. The number of aromatic nitrogens is 5. The predicted octanol–water partition coefficient (Wildman–Crippen LogP) is 1.10. The molecule has 2 heterocycles. The predicted molar refractivity (Wildman–Crippen MR) is 58.8 cm³/mol. The van der Waals surface area contributed by atoms with Crippen LogP contribution >= 0.6 is 15.9 Å². The Morgan fingerprint density at radius 1 is 1.53 bits per heavy atom. The number of aryl methyl sites for hydroxylation is 1. The molecule has 78 valence electrons. The zero-order valence-corrected chi connectivity index (χ0v) is 9.64. The second-order valence-electron chi connectivity index (χ2n) is 2.89. The van der Waals surface area contributed by atoms with Gasteiger partial charge >= 0.3 is 0 Å². The summed E-state index contributed by atoms with van der Waals surface area (Å²) in [6, 6.07) is 0. The molecule has 0 saturated carbocycles. The fourth-order valence-electron chi connectivity index (χ4n) is 1.13. The molecule has 0 aliphatic heterocycles. The van der Waals surface area contributed by atoms with E-state index in [2.05, 4.69) is 36.2 Å². The molecule has 0 atom stereocenters. The summed E-state index contributed by atoms with van der Waals surface area (Å²) in [4.78, 5) is 8.19. The maximum Gasteiger partial charge on any atom is 0.151 e. The third-order valence-corrected chi connectivity index (χ3v) is 2.26. The van der Waals surface area contributed by atoms with E-state index in [4.69, 9.17) is 5.73 Å². The third kappa shape index (κ3) is 1.96. The van der Waals surface area contributed by atoms with Crippen LogP contribution in [0.5, 0.6) is 0 Å². The van der Waals surface area contributed by atoms with Crippen molar-refractivity contribution in [3.8, 4) is 11.4 Å². The van der Waals surface area contributed by atoms with Crippen LogP contribution < -0.4 is 5.73 Å². The van der Waals surface area contributed by atoms with Gasteiger partial charge in [0.25, 0.3) is 0 Å². The van der Waals surface area contributed by atoms with Gasteiger partial charge in [-0.2, -0.15) is 0 Å². The Morgan fingerprint density at radius 2 is 2.33 bits per heavy atom. The molecule has 0 fully saturated rings. The van der Waals surface area contributed by atoms with Crippen molar-refractivity contribution in [1.29, 1.82) is 0 Å². The Morgan fingerprint density at radius 3 is 3.00 bits per heavy atom. The smallest absolute Gasteiger partial charge is 0.151 e. The van der Waals surface area contributed by atoms with Gasteiger partial charge in [-0.15, -0.1) is 5.10 Å². The Bertz CT molecular complexity index is 480. The summed E-state index contributed by atoms with van der Waals surface area (Å²) in [6.07, 6.45) is 3.33. The highest BCUT2D eigenvalue weighted by atomic mass is 79.9. The second-order valence-corrected chi connectivity index (χ2v) is 3.70. The van der Waals surface area contributed by atoms with Crippen LogP contribution in [0, 0.1) is 0 Å². The molecule has 2 rings (SSSR count). The number of hydrogen-bond donors (Lipinski definition) is 1. The van der Waals surface area contributed by atoms with E-state index in [1.54, 1.807) is 17.1 Å². The number of nitrogens with two attached hydrogens (primary N) is 1. The molecule has 0 spiro atoms. The van der Waals surface area contributed by atoms with Crippen molar-refractivity contribution in [3.63, 3.8) is 0 Å². The van der Waals surface area contributed by atoms with Crippen molar-refractivity contribution in [2.75, 3.05) is 5.73 Å². The zero-order valence-electron chi connectivity index (χ0n) is 8.05. The molecule has 2 N–H and O–H groups in total. The van der Waals surface area contributed by atoms with Crippen LogP contribution in [0.4, 0.5) is 5.82 Å². The van der Waals surface area contributed by atoms with Crippen LogP contribution in [0.3, 0.4) is 0 Å². The number of anilines is 1. The summed E-state index contributed by atoms with van der Waals surface area (Å²) in [7, 11) is 0. The van der Waals surface area contributed by atoms with Crippen molar-refractivity contribution in [1.82, 2.24) is 25.0 Å². The van der Waals surface area contributed by atoms with E-state index in [-0.39, 0.29) is 0 Å². The maximum absolute atomic E-state index is 5.70. The lowest BCUT2D eigenvalue weighted by molar-refractivity contribution is 0.627. The summed E-state index contributed by atoms with van der Waals surface area (Å²) in [5, 5.41) is 7.88. The molecule has 0 saturated heterocycles. The number of halogens is 1. The first-order chi connectivity index (χ1) is 7.20. The van der Waals surface area contributed by atoms with E-state index < -0.39 is 0 Å². The average Bonchev–Trinajstić information content (AvgIpc) is 2.70. The molecule has 0 bridgehead atoms. The van der Waals surface area contributed by atoms with Crippen LogP contribution in [0.1, 0.15) is 6.92 Å². The largest absolute Gasteiger partial charge is 0.382 e. The molecule has 7 heteroatoms. The third-order valence-electron chi connectivity index (χ3n) is 1.88. The highest BCUT2D eigenvalue weighted by Gasteiger charge is 2.10. The van der Waals surface area contributed by atoms with Gasteiger partial charge in [-0.1, -0.05) is 5.21 Å². The minimum absolute atomic E-state index is 0.348. The summed E-state index contributed by atoms with van der Waals surface area (Å²) >= 11 is 3.23. The van der Waals surface area contributed by atoms with Gasteiger partial charge in [-0.25, -0.2) is 9.97 Å². The second kappa shape index (κ2) is 3.93. The Hall–Kier alpha value is -1.50. The molecule has 0 amide bonds. The van der Waals surface area contributed by atoms with Gasteiger partial charge < -0.3 is 5.73 Å². The highest BCUT2D eigenvalue weighted by molar-refractivity contribution is 9.10. The van der Waals surface area contributed by atoms with Crippen LogP contribution in [-0.2, 0) is 6.54 Å². The molecule has 2 aromatic rings. The lowest BCUT2D eigenvalue weighted by Gasteiger charge is -1.99. The summed E-state index contributed by atoms with van der Waals surface area (Å²) in [5.41, 5.74) is 6.87. The fraction of sp³-hybridized carbons (Fsp3) is 0.250. The zero-order chi connectivity index (χ0) is 10.8. The first kappa shape index (κ1) is 10.0. The Labute approximate surface area is 94.7 Å². The monoisotopic (exact) mass is 268 g/mol. The van der Waals surface area contributed by atoms with Crippen LogP contribution in [0.2, 0.25) is 0 Å². The van der Waals surface area contributed by atoms with Gasteiger partial charge in [-0.3, -0.25) is 4.68 Å². The summed E-state index contributed by atoms with van der Waals surface area (Å²) < 4.78 is 2.33.